The van der Waals surface area contributed by atoms with Gasteiger partial charge >= 0.3 is 0 Å². The number of hydrogen-bond donors (Lipinski definition) is 2. The van der Waals surface area contributed by atoms with E-state index < -0.39 is 0 Å². The summed E-state index contributed by atoms with van der Waals surface area (Å²) in [5, 5.41) is 0. The van der Waals surface area contributed by atoms with Crippen LogP contribution in [0.3, 0.4) is 0 Å². The van der Waals surface area contributed by atoms with Gasteiger partial charge in [0.25, 0.3) is 0 Å². The first-order valence-corrected chi connectivity index (χ1v) is 8.32. The fraction of sp³-hybridized carbons (Fsp3) is 0.786. The highest BCUT2D eigenvalue weighted by molar-refractivity contribution is 7.09. The molecular weight excluding hydrogens is 256 g/mol. The molecule has 1 saturated carbocycles. The van der Waals surface area contributed by atoms with Gasteiger partial charge in [-0.25, -0.2) is 0 Å². The Kier molecular flexibility index (Phi) is 4.17. The Morgan fingerprint density at radius 1 is 1.32 bits per heavy atom. The maximum atomic E-state index is 5.93. The van der Waals surface area contributed by atoms with E-state index in [9.17, 15) is 0 Å². The molecule has 0 aromatic carbocycles. The van der Waals surface area contributed by atoms with Gasteiger partial charge in [0.15, 0.2) is 0 Å². The Morgan fingerprint density at radius 2 is 2.05 bits per heavy atom. The topological polar surface area (TPSA) is 54.2 Å². The fourth-order valence-corrected chi connectivity index (χ4v) is 4.62. The lowest BCUT2D eigenvalue weighted by molar-refractivity contribution is 0.0769. The van der Waals surface area contributed by atoms with E-state index in [-0.39, 0.29) is 5.54 Å². The van der Waals surface area contributed by atoms with Crippen molar-refractivity contribution in [2.45, 2.75) is 56.5 Å². The average Bonchev–Trinajstić information content (AvgIpc) is 3.15. The standard InChI is InChI=1S/C14H24N4S/c15-17-13(9-12-10-16-11-19-12)14(5-1-2-6-14)18-7-3-4-8-18/h10-11,13,17H,1-9,15H2. The molecule has 3 N–H and O–H groups in total. The number of nitrogens with two attached hydrogens (primary N) is 1. The quantitative estimate of drug-likeness (QED) is 0.639. The molecule has 0 spiro atoms. The van der Waals surface area contributed by atoms with Crippen LogP contribution in [0.25, 0.3) is 0 Å². The first kappa shape index (κ1) is 13.5. The van der Waals surface area contributed by atoms with Gasteiger partial charge in [-0.05, 0) is 38.8 Å². The Balaban J connectivity index is 1.80. The average molecular weight is 280 g/mol. The van der Waals surface area contributed by atoms with Crippen LogP contribution in [-0.2, 0) is 6.42 Å². The summed E-state index contributed by atoms with van der Waals surface area (Å²) in [7, 11) is 0. The van der Waals surface area contributed by atoms with Crippen LogP contribution in [-0.4, -0.2) is 34.6 Å². The minimum Gasteiger partial charge on any atom is -0.296 e. The Morgan fingerprint density at radius 3 is 2.63 bits per heavy atom. The zero-order valence-electron chi connectivity index (χ0n) is 11.5. The van der Waals surface area contributed by atoms with Crippen LogP contribution < -0.4 is 11.3 Å². The summed E-state index contributed by atoms with van der Waals surface area (Å²) in [4.78, 5) is 8.25. The Labute approximate surface area is 119 Å². The van der Waals surface area contributed by atoms with Crippen molar-refractivity contribution in [2.24, 2.45) is 5.84 Å². The second-order valence-electron chi connectivity index (χ2n) is 5.90. The van der Waals surface area contributed by atoms with Crippen molar-refractivity contribution in [2.75, 3.05) is 13.1 Å². The minimum atomic E-state index is 0.287. The van der Waals surface area contributed by atoms with Gasteiger partial charge in [0.1, 0.15) is 0 Å². The molecule has 106 valence electrons. The molecule has 1 atom stereocenters. The van der Waals surface area contributed by atoms with Gasteiger partial charge < -0.3 is 0 Å². The predicted molar refractivity (Wildman–Crippen MR) is 78.9 cm³/mol. The van der Waals surface area contributed by atoms with Crippen molar-refractivity contribution in [1.82, 2.24) is 15.3 Å². The molecule has 0 radical (unpaired) electrons. The van der Waals surface area contributed by atoms with Crippen LogP contribution in [0.5, 0.6) is 0 Å². The number of nitrogens with zero attached hydrogens (tertiary/aromatic N) is 2. The highest BCUT2D eigenvalue weighted by Gasteiger charge is 2.46. The van der Waals surface area contributed by atoms with Gasteiger partial charge in [0.2, 0.25) is 0 Å². The third-order valence-electron chi connectivity index (χ3n) is 4.94. The van der Waals surface area contributed by atoms with E-state index in [2.05, 4.69) is 15.3 Å². The summed E-state index contributed by atoms with van der Waals surface area (Å²) in [6, 6.07) is 0.355. The zero-order chi connectivity index (χ0) is 13.1. The normalized spacial score (nSPS) is 24.9. The number of aromatic nitrogens is 1. The third kappa shape index (κ3) is 2.57. The number of nitrogens with one attached hydrogen (secondary N) is 1. The van der Waals surface area contributed by atoms with E-state index in [0.717, 1.165) is 6.42 Å². The molecule has 2 aliphatic rings. The van der Waals surface area contributed by atoms with Gasteiger partial charge in [0, 0.05) is 29.1 Å². The van der Waals surface area contributed by atoms with Crippen LogP contribution in [0, 0.1) is 0 Å². The van der Waals surface area contributed by atoms with Crippen LogP contribution in [0.15, 0.2) is 11.7 Å². The predicted octanol–water partition coefficient (Wildman–Crippen LogP) is 1.93. The fourth-order valence-electron chi connectivity index (χ4n) is 3.98. The maximum absolute atomic E-state index is 5.93. The second-order valence-corrected chi connectivity index (χ2v) is 6.87. The largest absolute Gasteiger partial charge is 0.296 e. The molecule has 0 amide bonds. The van der Waals surface area contributed by atoms with E-state index in [0.29, 0.717) is 6.04 Å². The van der Waals surface area contributed by atoms with Gasteiger partial charge in [0.05, 0.1) is 5.51 Å². The lowest BCUT2D eigenvalue weighted by Gasteiger charge is -2.44. The molecule has 5 heteroatoms. The number of hydrazine groups is 1. The van der Waals surface area contributed by atoms with E-state index in [1.165, 1.54) is 56.5 Å². The van der Waals surface area contributed by atoms with E-state index in [1.54, 1.807) is 11.3 Å². The van der Waals surface area contributed by atoms with Crippen molar-refractivity contribution in [1.29, 1.82) is 0 Å². The molecule has 1 unspecified atom stereocenters. The third-order valence-corrected chi connectivity index (χ3v) is 5.75. The summed E-state index contributed by atoms with van der Waals surface area (Å²) in [6.45, 7) is 2.50. The van der Waals surface area contributed by atoms with Crippen LogP contribution in [0.1, 0.15) is 43.4 Å². The Hall–Kier alpha value is -0.490. The molecule has 2 fully saturated rings. The molecule has 19 heavy (non-hydrogen) atoms. The van der Waals surface area contributed by atoms with Crippen LogP contribution in [0.4, 0.5) is 0 Å². The first-order chi connectivity index (χ1) is 9.35. The molecule has 1 saturated heterocycles. The molecule has 1 aromatic rings. The highest BCUT2D eigenvalue weighted by atomic mass is 32.1. The first-order valence-electron chi connectivity index (χ1n) is 7.44. The number of hydrogen-bond acceptors (Lipinski definition) is 5. The number of rotatable bonds is 5. The van der Waals surface area contributed by atoms with Crippen LogP contribution >= 0.6 is 11.3 Å². The van der Waals surface area contributed by atoms with E-state index >= 15 is 0 Å². The van der Waals surface area contributed by atoms with E-state index in [1.807, 2.05) is 11.7 Å². The molecule has 1 aliphatic heterocycles. The minimum absolute atomic E-state index is 0.287. The van der Waals surface area contributed by atoms with Crippen LogP contribution in [0.2, 0.25) is 0 Å². The summed E-state index contributed by atoms with van der Waals surface area (Å²) < 4.78 is 0. The summed E-state index contributed by atoms with van der Waals surface area (Å²) in [5.41, 5.74) is 5.34. The van der Waals surface area contributed by atoms with Crippen molar-refractivity contribution in [3.63, 3.8) is 0 Å². The molecule has 1 aromatic heterocycles. The van der Waals surface area contributed by atoms with Crippen molar-refractivity contribution in [3.05, 3.63) is 16.6 Å². The highest BCUT2D eigenvalue weighted by Crippen LogP contribution is 2.41. The summed E-state index contributed by atoms with van der Waals surface area (Å²) in [6.07, 6.45) is 11.0. The molecular formula is C14H24N4S. The lowest BCUT2D eigenvalue weighted by Crippen LogP contribution is -2.61. The SMILES string of the molecule is NNC(Cc1cncs1)C1(N2CCCC2)CCCC1. The van der Waals surface area contributed by atoms with Crippen molar-refractivity contribution >= 4 is 11.3 Å². The monoisotopic (exact) mass is 280 g/mol. The molecule has 3 rings (SSSR count). The van der Waals surface area contributed by atoms with Gasteiger partial charge in [-0.15, -0.1) is 11.3 Å². The molecule has 2 heterocycles. The van der Waals surface area contributed by atoms with E-state index in [4.69, 9.17) is 5.84 Å². The zero-order valence-corrected chi connectivity index (χ0v) is 12.3. The maximum Gasteiger partial charge on any atom is 0.0794 e. The lowest BCUT2D eigenvalue weighted by atomic mass is 9.84. The second kappa shape index (κ2) is 5.87. The smallest absolute Gasteiger partial charge is 0.0794 e. The van der Waals surface area contributed by atoms with Gasteiger partial charge in [-0.3, -0.25) is 21.2 Å². The van der Waals surface area contributed by atoms with Crippen molar-refractivity contribution in [3.8, 4) is 0 Å². The van der Waals surface area contributed by atoms with Gasteiger partial charge in [-0.2, -0.15) is 0 Å². The molecule has 4 nitrogen and oxygen atoms in total. The molecule has 1 aliphatic carbocycles. The van der Waals surface area contributed by atoms with Crippen molar-refractivity contribution < 1.29 is 0 Å². The number of likely N-dealkylation sites (tertiary alicyclic amines) is 1. The Bertz CT molecular complexity index is 380. The van der Waals surface area contributed by atoms with Gasteiger partial charge in [-0.1, -0.05) is 12.8 Å². The molecule has 0 bridgehead atoms. The summed E-state index contributed by atoms with van der Waals surface area (Å²) >= 11 is 1.74. The number of thiazole rings is 1. The summed E-state index contributed by atoms with van der Waals surface area (Å²) in [5.74, 6) is 5.93.